The summed E-state index contributed by atoms with van der Waals surface area (Å²) in [5.74, 6) is -1.03. The number of hydrogen-bond donors (Lipinski definition) is 1. The third-order valence-corrected chi connectivity index (χ3v) is 2.96. The number of carboxylic acid groups (broad SMARTS) is 1. The van der Waals surface area contributed by atoms with Crippen LogP contribution in [-0.2, 0) is 0 Å². The zero-order valence-corrected chi connectivity index (χ0v) is 10.1. The molecule has 0 aliphatic heterocycles. The number of aryl methyl sites for hydroxylation is 1. The summed E-state index contributed by atoms with van der Waals surface area (Å²) < 4.78 is 1.46. The zero-order valence-electron chi connectivity index (χ0n) is 10.1. The number of rotatable bonds is 2. The highest BCUT2D eigenvalue weighted by Gasteiger charge is 2.14. The molecule has 0 atom stereocenters. The van der Waals surface area contributed by atoms with Gasteiger partial charge in [-0.05, 0) is 24.6 Å². The van der Waals surface area contributed by atoms with Crippen LogP contribution in [0, 0.1) is 6.92 Å². The van der Waals surface area contributed by atoms with Crippen LogP contribution in [0.4, 0.5) is 0 Å². The van der Waals surface area contributed by atoms with Gasteiger partial charge in [0.05, 0.1) is 0 Å². The SMILES string of the molecule is Cc1ccncc1-c1cc(C(=O)O)c2ncnn2c1. The van der Waals surface area contributed by atoms with Crippen molar-refractivity contribution < 1.29 is 9.90 Å². The topological polar surface area (TPSA) is 80.4 Å². The van der Waals surface area contributed by atoms with Gasteiger partial charge in [-0.15, -0.1) is 0 Å². The molecule has 0 aromatic carbocycles. The molecule has 0 amide bonds. The first-order valence-electron chi connectivity index (χ1n) is 5.64. The van der Waals surface area contributed by atoms with Crippen molar-refractivity contribution in [2.75, 3.05) is 0 Å². The van der Waals surface area contributed by atoms with E-state index in [1.807, 2.05) is 13.0 Å². The van der Waals surface area contributed by atoms with E-state index in [0.29, 0.717) is 5.65 Å². The van der Waals surface area contributed by atoms with E-state index in [1.54, 1.807) is 24.7 Å². The van der Waals surface area contributed by atoms with Gasteiger partial charge in [0, 0.05) is 29.7 Å². The normalized spacial score (nSPS) is 10.8. The van der Waals surface area contributed by atoms with Gasteiger partial charge < -0.3 is 5.11 Å². The average Bonchev–Trinajstić information content (AvgIpc) is 2.86. The van der Waals surface area contributed by atoms with Crippen LogP contribution in [0.2, 0.25) is 0 Å². The van der Waals surface area contributed by atoms with E-state index in [9.17, 15) is 9.90 Å². The summed E-state index contributed by atoms with van der Waals surface area (Å²) in [5, 5.41) is 13.2. The van der Waals surface area contributed by atoms with Crippen LogP contribution in [0.3, 0.4) is 0 Å². The fourth-order valence-electron chi connectivity index (χ4n) is 2.00. The van der Waals surface area contributed by atoms with Crippen molar-refractivity contribution in [3.8, 4) is 11.1 Å². The predicted octanol–water partition coefficient (Wildman–Crippen LogP) is 1.80. The number of pyridine rings is 2. The fourth-order valence-corrected chi connectivity index (χ4v) is 2.00. The van der Waals surface area contributed by atoms with Crippen molar-refractivity contribution in [2.24, 2.45) is 0 Å². The molecule has 19 heavy (non-hydrogen) atoms. The van der Waals surface area contributed by atoms with Crippen molar-refractivity contribution in [3.05, 3.63) is 48.2 Å². The van der Waals surface area contributed by atoms with Gasteiger partial charge in [-0.2, -0.15) is 5.10 Å². The van der Waals surface area contributed by atoms with Gasteiger partial charge in [-0.3, -0.25) is 4.98 Å². The Labute approximate surface area is 108 Å². The Morgan fingerprint density at radius 3 is 3.00 bits per heavy atom. The lowest BCUT2D eigenvalue weighted by Gasteiger charge is -2.07. The number of carboxylic acids is 1. The molecule has 0 fully saturated rings. The number of fused-ring (bicyclic) bond motifs is 1. The highest BCUT2D eigenvalue weighted by molar-refractivity contribution is 5.95. The summed E-state index contributed by atoms with van der Waals surface area (Å²) >= 11 is 0. The van der Waals surface area contributed by atoms with Gasteiger partial charge >= 0.3 is 5.97 Å². The Morgan fingerprint density at radius 1 is 1.42 bits per heavy atom. The number of hydrogen-bond acceptors (Lipinski definition) is 4. The highest BCUT2D eigenvalue weighted by Crippen LogP contribution is 2.24. The number of nitrogens with zero attached hydrogens (tertiary/aromatic N) is 4. The van der Waals surface area contributed by atoms with E-state index in [-0.39, 0.29) is 5.56 Å². The zero-order chi connectivity index (χ0) is 13.4. The van der Waals surface area contributed by atoms with Gasteiger partial charge in [0.2, 0.25) is 0 Å². The van der Waals surface area contributed by atoms with E-state index in [4.69, 9.17) is 0 Å². The third kappa shape index (κ3) is 1.83. The lowest BCUT2D eigenvalue weighted by atomic mass is 10.0. The molecule has 3 rings (SSSR count). The minimum atomic E-state index is -1.03. The molecule has 0 bridgehead atoms. The largest absolute Gasteiger partial charge is 0.478 e. The Bertz CT molecular complexity index is 779. The summed E-state index contributed by atoms with van der Waals surface area (Å²) in [6.45, 7) is 1.95. The number of aromatic nitrogens is 4. The molecule has 6 heteroatoms. The second-order valence-corrected chi connectivity index (χ2v) is 4.17. The van der Waals surface area contributed by atoms with Crippen LogP contribution in [0.25, 0.3) is 16.8 Å². The predicted molar refractivity (Wildman–Crippen MR) is 67.9 cm³/mol. The van der Waals surface area contributed by atoms with E-state index in [2.05, 4.69) is 15.1 Å². The van der Waals surface area contributed by atoms with Crippen LogP contribution < -0.4 is 0 Å². The van der Waals surface area contributed by atoms with Crippen molar-refractivity contribution in [1.29, 1.82) is 0 Å². The molecule has 3 aromatic heterocycles. The van der Waals surface area contributed by atoms with Crippen LogP contribution in [0.15, 0.2) is 37.1 Å². The number of aromatic carboxylic acids is 1. The smallest absolute Gasteiger partial charge is 0.339 e. The highest BCUT2D eigenvalue weighted by atomic mass is 16.4. The molecule has 0 aliphatic carbocycles. The van der Waals surface area contributed by atoms with Crippen molar-refractivity contribution in [1.82, 2.24) is 19.6 Å². The molecule has 0 aliphatic rings. The molecule has 6 nitrogen and oxygen atoms in total. The van der Waals surface area contributed by atoms with Gasteiger partial charge in [-0.25, -0.2) is 14.3 Å². The molecular weight excluding hydrogens is 244 g/mol. The average molecular weight is 254 g/mol. The second kappa shape index (κ2) is 4.16. The lowest BCUT2D eigenvalue weighted by molar-refractivity contribution is 0.0698. The molecule has 0 saturated carbocycles. The second-order valence-electron chi connectivity index (χ2n) is 4.17. The van der Waals surface area contributed by atoms with Crippen LogP contribution >= 0.6 is 0 Å². The molecular formula is C13H10N4O2. The van der Waals surface area contributed by atoms with Gasteiger partial charge in [0.1, 0.15) is 11.9 Å². The summed E-state index contributed by atoms with van der Waals surface area (Å²) in [5.41, 5.74) is 3.10. The Kier molecular flexibility index (Phi) is 2.49. The van der Waals surface area contributed by atoms with E-state index in [1.165, 1.54) is 10.8 Å². The van der Waals surface area contributed by atoms with Crippen molar-refractivity contribution in [3.63, 3.8) is 0 Å². The van der Waals surface area contributed by atoms with Gasteiger partial charge in [-0.1, -0.05) is 0 Å². The molecule has 0 spiro atoms. The summed E-state index contributed by atoms with van der Waals surface area (Å²) in [4.78, 5) is 19.3. The molecule has 3 heterocycles. The Hall–Kier alpha value is -2.76. The van der Waals surface area contributed by atoms with Crippen molar-refractivity contribution >= 4 is 11.6 Å². The molecule has 0 saturated heterocycles. The van der Waals surface area contributed by atoms with Gasteiger partial charge in [0.15, 0.2) is 5.65 Å². The Balaban J connectivity index is 2.31. The van der Waals surface area contributed by atoms with E-state index in [0.717, 1.165) is 16.7 Å². The lowest BCUT2D eigenvalue weighted by Crippen LogP contribution is -2.03. The quantitative estimate of drug-likeness (QED) is 0.754. The molecule has 3 aromatic rings. The number of carbonyl (C=O) groups is 1. The minimum Gasteiger partial charge on any atom is -0.478 e. The first-order valence-corrected chi connectivity index (χ1v) is 5.64. The first kappa shape index (κ1) is 11.3. The van der Waals surface area contributed by atoms with Crippen LogP contribution in [0.1, 0.15) is 15.9 Å². The molecule has 1 N–H and O–H groups in total. The molecule has 0 unspecified atom stereocenters. The molecule has 94 valence electrons. The van der Waals surface area contributed by atoms with E-state index < -0.39 is 5.97 Å². The van der Waals surface area contributed by atoms with Gasteiger partial charge in [0.25, 0.3) is 0 Å². The maximum Gasteiger partial charge on any atom is 0.339 e. The maximum absolute atomic E-state index is 11.3. The third-order valence-electron chi connectivity index (χ3n) is 2.96. The monoisotopic (exact) mass is 254 g/mol. The standard InChI is InChI=1S/C13H10N4O2/c1-8-2-3-14-5-11(8)9-4-10(13(18)19)12-15-7-16-17(12)6-9/h2-7H,1H3,(H,18,19). The maximum atomic E-state index is 11.3. The minimum absolute atomic E-state index is 0.123. The summed E-state index contributed by atoms with van der Waals surface area (Å²) in [6.07, 6.45) is 6.49. The van der Waals surface area contributed by atoms with Crippen LogP contribution in [-0.4, -0.2) is 30.7 Å². The molecule has 0 radical (unpaired) electrons. The van der Waals surface area contributed by atoms with Crippen LogP contribution in [0.5, 0.6) is 0 Å². The summed E-state index contributed by atoms with van der Waals surface area (Å²) in [6, 6.07) is 3.47. The summed E-state index contributed by atoms with van der Waals surface area (Å²) in [7, 11) is 0. The van der Waals surface area contributed by atoms with Crippen molar-refractivity contribution in [2.45, 2.75) is 6.92 Å². The van der Waals surface area contributed by atoms with E-state index >= 15 is 0 Å². The first-order chi connectivity index (χ1) is 9.16. The fraction of sp³-hybridized carbons (Fsp3) is 0.0769. The Morgan fingerprint density at radius 2 is 2.26 bits per heavy atom.